The highest BCUT2D eigenvalue weighted by molar-refractivity contribution is 6.05. The lowest BCUT2D eigenvalue weighted by atomic mass is 10.00. The van der Waals surface area contributed by atoms with Crippen LogP contribution in [0.25, 0.3) is 0 Å². The molecule has 1 N–H and O–H groups in total. The van der Waals surface area contributed by atoms with Crippen LogP contribution < -0.4 is 5.32 Å². The Bertz CT molecular complexity index is 354. The number of likely N-dealkylation sites (tertiary alicyclic amines) is 1. The molecule has 2 atom stereocenters. The minimum atomic E-state index is 0.00819. The third-order valence-electron chi connectivity index (χ3n) is 4.97. The monoisotopic (exact) mass is 264 g/mol. The van der Waals surface area contributed by atoms with E-state index in [1.165, 1.54) is 17.7 Å². The van der Waals surface area contributed by atoms with Gasteiger partial charge in [-0.1, -0.05) is 13.3 Å². The highest BCUT2D eigenvalue weighted by Gasteiger charge is 2.51. The number of carbonyl (C=O) groups excluding carboxylic acids is 2. The van der Waals surface area contributed by atoms with Gasteiger partial charge in [0.1, 0.15) is 0 Å². The van der Waals surface area contributed by atoms with Crippen molar-refractivity contribution in [1.82, 2.24) is 10.2 Å². The zero-order chi connectivity index (χ0) is 13.4. The van der Waals surface area contributed by atoms with Crippen LogP contribution in [0.3, 0.4) is 0 Å². The second-order valence-corrected chi connectivity index (χ2v) is 6.37. The van der Waals surface area contributed by atoms with Crippen LogP contribution in [0.2, 0.25) is 0 Å². The molecular weight excluding hydrogens is 240 g/mol. The number of nitrogens with one attached hydrogen (secondary N) is 1. The third-order valence-corrected chi connectivity index (χ3v) is 4.97. The Labute approximate surface area is 114 Å². The smallest absolute Gasteiger partial charge is 0.233 e. The molecule has 3 rings (SSSR count). The summed E-state index contributed by atoms with van der Waals surface area (Å²) in [6, 6.07) is 0.703. The standard InChI is InChI=1S/C15H24N2O2/c1-2-10-8-12-13(9-10)15(19)17(14(12)18)7-3-6-16-11-4-5-11/h10-13,16H,2-9H2,1H3. The van der Waals surface area contributed by atoms with E-state index in [4.69, 9.17) is 0 Å². The number of imide groups is 1. The molecule has 0 bridgehead atoms. The summed E-state index contributed by atoms with van der Waals surface area (Å²) < 4.78 is 0. The molecule has 1 saturated heterocycles. The fourth-order valence-electron chi connectivity index (χ4n) is 3.58. The summed E-state index contributed by atoms with van der Waals surface area (Å²) in [5, 5.41) is 3.43. The Kier molecular flexibility index (Phi) is 3.61. The molecule has 4 nitrogen and oxygen atoms in total. The van der Waals surface area contributed by atoms with Crippen LogP contribution in [0.15, 0.2) is 0 Å². The van der Waals surface area contributed by atoms with E-state index in [1.807, 2.05) is 0 Å². The lowest BCUT2D eigenvalue weighted by molar-refractivity contribution is -0.140. The number of rotatable bonds is 6. The van der Waals surface area contributed by atoms with Crippen LogP contribution in [-0.2, 0) is 9.59 Å². The molecule has 0 radical (unpaired) electrons. The topological polar surface area (TPSA) is 49.4 Å². The Morgan fingerprint density at radius 2 is 1.79 bits per heavy atom. The van der Waals surface area contributed by atoms with Crippen molar-refractivity contribution in [2.45, 2.75) is 51.5 Å². The van der Waals surface area contributed by atoms with Gasteiger partial charge in [0.25, 0.3) is 0 Å². The molecule has 2 aliphatic carbocycles. The Balaban J connectivity index is 1.50. The summed E-state index contributed by atoms with van der Waals surface area (Å²) in [6.07, 6.45) is 6.42. The lowest BCUT2D eigenvalue weighted by Gasteiger charge is -2.17. The largest absolute Gasteiger partial charge is 0.314 e. The SMILES string of the molecule is CCC1CC2C(=O)N(CCCNC3CC3)C(=O)C2C1. The van der Waals surface area contributed by atoms with Gasteiger partial charge < -0.3 is 5.32 Å². The average molecular weight is 264 g/mol. The van der Waals surface area contributed by atoms with Crippen molar-refractivity contribution in [1.29, 1.82) is 0 Å². The molecule has 1 heterocycles. The summed E-state index contributed by atoms with van der Waals surface area (Å²) in [6.45, 7) is 3.69. The van der Waals surface area contributed by atoms with Gasteiger partial charge in [-0.05, 0) is 44.6 Å². The van der Waals surface area contributed by atoms with Crippen molar-refractivity contribution in [3.63, 3.8) is 0 Å². The van der Waals surface area contributed by atoms with Gasteiger partial charge in [0, 0.05) is 12.6 Å². The molecule has 2 saturated carbocycles. The quantitative estimate of drug-likeness (QED) is 0.585. The van der Waals surface area contributed by atoms with E-state index in [0.717, 1.165) is 32.2 Å². The van der Waals surface area contributed by atoms with Crippen molar-refractivity contribution >= 4 is 11.8 Å². The van der Waals surface area contributed by atoms with Crippen molar-refractivity contribution in [2.75, 3.05) is 13.1 Å². The normalized spacial score (nSPS) is 34.2. The number of amides is 2. The van der Waals surface area contributed by atoms with Gasteiger partial charge in [-0.25, -0.2) is 0 Å². The Hall–Kier alpha value is -0.900. The summed E-state index contributed by atoms with van der Waals surface area (Å²) in [7, 11) is 0. The van der Waals surface area contributed by atoms with Gasteiger partial charge in [0.15, 0.2) is 0 Å². The number of fused-ring (bicyclic) bond motifs is 1. The van der Waals surface area contributed by atoms with E-state index < -0.39 is 0 Å². The molecule has 0 aromatic rings. The molecule has 106 valence electrons. The zero-order valence-corrected chi connectivity index (χ0v) is 11.7. The molecule has 2 unspecified atom stereocenters. The van der Waals surface area contributed by atoms with Gasteiger partial charge in [0.2, 0.25) is 11.8 Å². The minimum Gasteiger partial charge on any atom is -0.314 e. The second-order valence-electron chi connectivity index (χ2n) is 6.37. The summed E-state index contributed by atoms with van der Waals surface area (Å²) in [4.78, 5) is 26.1. The van der Waals surface area contributed by atoms with Crippen molar-refractivity contribution in [3.05, 3.63) is 0 Å². The lowest BCUT2D eigenvalue weighted by Crippen LogP contribution is -2.34. The van der Waals surface area contributed by atoms with Gasteiger partial charge >= 0.3 is 0 Å². The van der Waals surface area contributed by atoms with Crippen molar-refractivity contribution < 1.29 is 9.59 Å². The first-order valence-electron chi connectivity index (χ1n) is 7.79. The van der Waals surface area contributed by atoms with Crippen LogP contribution in [0.1, 0.15) is 45.4 Å². The summed E-state index contributed by atoms with van der Waals surface area (Å²) in [5.41, 5.74) is 0. The first-order valence-corrected chi connectivity index (χ1v) is 7.79. The third kappa shape index (κ3) is 2.55. The molecule has 19 heavy (non-hydrogen) atoms. The number of carbonyl (C=O) groups is 2. The average Bonchev–Trinajstić information content (AvgIpc) is 3.08. The van der Waals surface area contributed by atoms with Gasteiger partial charge in [-0.15, -0.1) is 0 Å². The molecule has 3 aliphatic rings. The molecule has 4 heteroatoms. The van der Waals surface area contributed by atoms with E-state index in [1.54, 1.807) is 0 Å². The van der Waals surface area contributed by atoms with Crippen molar-refractivity contribution in [3.8, 4) is 0 Å². The highest BCUT2D eigenvalue weighted by atomic mass is 16.2. The second kappa shape index (κ2) is 5.23. The van der Waals surface area contributed by atoms with Crippen LogP contribution >= 0.6 is 0 Å². The highest BCUT2D eigenvalue weighted by Crippen LogP contribution is 2.44. The van der Waals surface area contributed by atoms with E-state index >= 15 is 0 Å². The zero-order valence-electron chi connectivity index (χ0n) is 11.7. The van der Waals surface area contributed by atoms with E-state index in [9.17, 15) is 9.59 Å². The fourth-order valence-corrected chi connectivity index (χ4v) is 3.58. The Morgan fingerprint density at radius 3 is 2.32 bits per heavy atom. The first kappa shape index (κ1) is 13.1. The first-order chi connectivity index (χ1) is 9.20. The van der Waals surface area contributed by atoms with Crippen LogP contribution in [0, 0.1) is 17.8 Å². The maximum atomic E-state index is 12.3. The molecule has 0 aromatic heterocycles. The maximum Gasteiger partial charge on any atom is 0.233 e. The number of hydrogen-bond donors (Lipinski definition) is 1. The van der Waals surface area contributed by atoms with Gasteiger partial charge in [-0.2, -0.15) is 0 Å². The Morgan fingerprint density at radius 1 is 1.16 bits per heavy atom. The molecule has 3 fully saturated rings. The van der Waals surface area contributed by atoms with E-state index in [2.05, 4.69) is 12.2 Å². The van der Waals surface area contributed by atoms with Crippen LogP contribution in [0.5, 0.6) is 0 Å². The molecule has 1 aliphatic heterocycles. The summed E-state index contributed by atoms with van der Waals surface area (Å²) in [5.74, 6) is 0.819. The molecular formula is C15H24N2O2. The number of hydrogen-bond acceptors (Lipinski definition) is 3. The maximum absolute atomic E-state index is 12.3. The van der Waals surface area contributed by atoms with E-state index in [-0.39, 0.29) is 23.7 Å². The minimum absolute atomic E-state index is 0.00819. The van der Waals surface area contributed by atoms with Gasteiger partial charge in [0.05, 0.1) is 11.8 Å². The fraction of sp³-hybridized carbons (Fsp3) is 0.867. The van der Waals surface area contributed by atoms with Crippen LogP contribution in [0.4, 0.5) is 0 Å². The van der Waals surface area contributed by atoms with Crippen LogP contribution in [-0.4, -0.2) is 35.8 Å². The predicted molar refractivity (Wildman–Crippen MR) is 72.4 cm³/mol. The molecule has 0 aromatic carbocycles. The molecule has 2 amide bonds. The predicted octanol–water partition coefficient (Wildman–Crippen LogP) is 1.55. The number of nitrogens with zero attached hydrogens (tertiary/aromatic N) is 1. The van der Waals surface area contributed by atoms with E-state index in [0.29, 0.717) is 18.5 Å². The molecule has 0 spiro atoms. The summed E-state index contributed by atoms with van der Waals surface area (Å²) >= 11 is 0. The van der Waals surface area contributed by atoms with Crippen molar-refractivity contribution in [2.24, 2.45) is 17.8 Å². The van der Waals surface area contributed by atoms with Gasteiger partial charge in [-0.3, -0.25) is 14.5 Å².